The molecular weight excluding hydrogens is 204 g/mol. The summed E-state index contributed by atoms with van der Waals surface area (Å²) >= 11 is 0. The first kappa shape index (κ1) is 9.15. The van der Waals surface area contributed by atoms with E-state index in [1.54, 1.807) is 12.5 Å². The smallest absolute Gasteiger partial charge is 0.164 e. The molecule has 0 spiro atoms. The maximum atomic E-state index is 5.21. The normalized spacial score (nSPS) is 17.8. The Morgan fingerprint density at radius 1 is 0.812 bits per heavy atom. The molecule has 3 rings (SSSR count). The van der Waals surface area contributed by atoms with Crippen LogP contribution in [0.4, 0.5) is 11.4 Å². The number of para-hydroxylation sites is 2. The minimum absolute atomic E-state index is 0.565. The van der Waals surface area contributed by atoms with E-state index in [2.05, 4.69) is 21.9 Å². The maximum Gasteiger partial charge on any atom is 0.164 e. The van der Waals surface area contributed by atoms with Crippen molar-refractivity contribution in [2.75, 3.05) is 23.3 Å². The summed E-state index contributed by atoms with van der Waals surface area (Å²) in [6.45, 7) is 1.13. The van der Waals surface area contributed by atoms with Gasteiger partial charge in [0.15, 0.2) is 13.5 Å². The van der Waals surface area contributed by atoms with Crippen LogP contribution in [0.3, 0.4) is 0 Å². The van der Waals surface area contributed by atoms with Gasteiger partial charge in [0.05, 0.1) is 11.4 Å². The summed E-state index contributed by atoms with van der Waals surface area (Å²) in [5.41, 5.74) is 2.23. The summed E-state index contributed by atoms with van der Waals surface area (Å²) in [6.07, 6.45) is 7.26. The average molecular weight is 216 g/mol. The highest BCUT2D eigenvalue weighted by atomic mass is 16.5. The first-order valence-corrected chi connectivity index (χ1v) is 5.14. The average Bonchev–Trinajstić information content (AvgIpc) is 3.03. The van der Waals surface area contributed by atoms with Gasteiger partial charge in [-0.05, 0) is 12.1 Å². The van der Waals surface area contributed by atoms with Crippen molar-refractivity contribution in [3.63, 3.8) is 0 Å². The van der Waals surface area contributed by atoms with Gasteiger partial charge in [-0.2, -0.15) is 0 Å². The van der Waals surface area contributed by atoms with E-state index in [4.69, 9.17) is 9.47 Å². The SMILES string of the molecule is C1=CN(c2ccccc2N2C=COC2)CO1. The molecule has 4 heteroatoms. The Bertz CT molecular complexity index is 401. The molecule has 2 aliphatic rings. The first-order chi connectivity index (χ1) is 7.95. The van der Waals surface area contributed by atoms with Crippen molar-refractivity contribution in [1.82, 2.24) is 0 Å². The van der Waals surface area contributed by atoms with Crippen LogP contribution in [0.15, 0.2) is 49.2 Å². The number of anilines is 2. The molecule has 82 valence electrons. The van der Waals surface area contributed by atoms with E-state index in [9.17, 15) is 0 Å². The fourth-order valence-electron chi connectivity index (χ4n) is 1.82. The molecule has 2 heterocycles. The molecule has 0 amide bonds. The van der Waals surface area contributed by atoms with Crippen molar-refractivity contribution in [3.8, 4) is 0 Å². The topological polar surface area (TPSA) is 24.9 Å². The summed E-state index contributed by atoms with van der Waals surface area (Å²) in [7, 11) is 0. The minimum atomic E-state index is 0.565. The molecule has 0 unspecified atom stereocenters. The lowest BCUT2D eigenvalue weighted by molar-refractivity contribution is 0.280. The van der Waals surface area contributed by atoms with Gasteiger partial charge < -0.3 is 19.3 Å². The number of rotatable bonds is 2. The van der Waals surface area contributed by atoms with Crippen LogP contribution in [0, 0.1) is 0 Å². The van der Waals surface area contributed by atoms with Crippen molar-refractivity contribution < 1.29 is 9.47 Å². The summed E-state index contributed by atoms with van der Waals surface area (Å²) < 4.78 is 10.4. The van der Waals surface area contributed by atoms with Gasteiger partial charge in [-0.3, -0.25) is 0 Å². The third kappa shape index (κ3) is 1.48. The highest BCUT2D eigenvalue weighted by molar-refractivity contribution is 5.73. The predicted octanol–water partition coefficient (Wildman–Crippen LogP) is 2.22. The summed E-state index contributed by atoms with van der Waals surface area (Å²) in [5.74, 6) is 0. The highest BCUT2D eigenvalue weighted by Gasteiger charge is 2.17. The molecule has 0 N–H and O–H groups in total. The van der Waals surface area contributed by atoms with Crippen LogP contribution in [0.5, 0.6) is 0 Å². The number of hydrogen-bond acceptors (Lipinski definition) is 4. The second-order valence-electron chi connectivity index (χ2n) is 3.59. The van der Waals surface area contributed by atoms with Crippen LogP contribution in [0.1, 0.15) is 0 Å². The first-order valence-electron chi connectivity index (χ1n) is 5.14. The van der Waals surface area contributed by atoms with E-state index in [0.29, 0.717) is 13.5 Å². The van der Waals surface area contributed by atoms with Gasteiger partial charge in [-0.15, -0.1) is 0 Å². The fourth-order valence-corrected chi connectivity index (χ4v) is 1.82. The molecule has 16 heavy (non-hydrogen) atoms. The molecule has 0 fully saturated rings. The zero-order valence-electron chi connectivity index (χ0n) is 8.74. The zero-order valence-corrected chi connectivity index (χ0v) is 8.74. The van der Waals surface area contributed by atoms with E-state index >= 15 is 0 Å². The Hall–Kier alpha value is -2.10. The van der Waals surface area contributed by atoms with Crippen LogP contribution in [0.2, 0.25) is 0 Å². The van der Waals surface area contributed by atoms with Crippen LogP contribution in [-0.2, 0) is 9.47 Å². The highest BCUT2D eigenvalue weighted by Crippen LogP contribution is 2.31. The van der Waals surface area contributed by atoms with Gasteiger partial charge in [-0.25, -0.2) is 0 Å². The standard InChI is InChI=1S/C12H12N2O2/c1-2-4-12(14-6-8-16-10-14)11(3-1)13-5-7-15-9-13/h1-8H,9-10H2. The molecule has 1 aromatic carbocycles. The number of ether oxygens (including phenoxy) is 2. The second-order valence-corrected chi connectivity index (χ2v) is 3.59. The van der Waals surface area contributed by atoms with Crippen LogP contribution in [0.25, 0.3) is 0 Å². The molecule has 0 bridgehead atoms. The molecule has 4 nitrogen and oxygen atoms in total. The van der Waals surface area contributed by atoms with Gasteiger partial charge >= 0.3 is 0 Å². The van der Waals surface area contributed by atoms with E-state index in [1.807, 2.05) is 24.5 Å². The molecule has 0 atom stereocenters. The van der Waals surface area contributed by atoms with E-state index in [0.717, 1.165) is 11.4 Å². The lowest BCUT2D eigenvalue weighted by Crippen LogP contribution is -2.20. The molecule has 1 aromatic rings. The molecule has 0 aliphatic carbocycles. The molecule has 0 radical (unpaired) electrons. The van der Waals surface area contributed by atoms with E-state index in [1.165, 1.54) is 0 Å². The van der Waals surface area contributed by atoms with Crippen LogP contribution >= 0.6 is 0 Å². The van der Waals surface area contributed by atoms with Crippen molar-refractivity contribution in [2.24, 2.45) is 0 Å². The monoisotopic (exact) mass is 216 g/mol. The van der Waals surface area contributed by atoms with Gasteiger partial charge in [0.1, 0.15) is 12.5 Å². The van der Waals surface area contributed by atoms with E-state index in [-0.39, 0.29) is 0 Å². The summed E-state index contributed by atoms with van der Waals surface area (Å²) in [4.78, 5) is 4.11. The fraction of sp³-hybridized carbons (Fsp3) is 0.167. The van der Waals surface area contributed by atoms with Gasteiger partial charge in [0.25, 0.3) is 0 Å². The van der Waals surface area contributed by atoms with Crippen molar-refractivity contribution in [2.45, 2.75) is 0 Å². The van der Waals surface area contributed by atoms with Gasteiger partial charge in [0, 0.05) is 12.4 Å². The lowest BCUT2D eigenvalue weighted by atomic mass is 10.2. The quantitative estimate of drug-likeness (QED) is 0.756. The number of nitrogens with zero attached hydrogens (tertiary/aromatic N) is 2. The Morgan fingerprint density at radius 3 is 1.69 bits per heavy atom. The molecule has 0 saturated heterocycles. The largest absolute Gasteiger partial charge is 0.479 e. The lowest BCUT2D eigenvalue weighted by Gasteiger charge is -2.22. The molecule has 2 aliphatic heterocycles. The number of benzene rings is 1. The van der Waals surface area contributed by atoms with Crippen LogP contribution in [-0.4, -0.2) is 13.5 Å². The summed E-state index contributed by atoms with van der Waals surface area (Å²) in [6, 6.07) is 8.18. The Balaban J connectivity index is 1.96. The zero-order chi connectivity index (χ0) is 10.8. The summed E-state index contributed by atoms with van der Waals surface area (Å²) in [5, 5.41) is 0. The van der Waals surface area contributed by atoms with Crippen molar-refractivity contribution >= 4 is 11.4 Å². The minimum Gasteiger partial charge on any atom is -0.479 e. The molecular formula is C12H12N2O2. The Kier molecular flexibility index (Phi) is 2.18. The Morgan fingerprint density at radius 2 is 1.31 bits per heavy atom. The third-order valence-corrected chi connectivity index (χ3v) is 2.60. The van der Waals surface area contributed by atoms with Crippen molar-refractivity contribution in [3.05, 3.63) is 49.2 Å². The maximum absolute atomic E-state index is 5.21. The van der Waals surface area contributed by atoms with Gasteiger partial charge in [0.2, 0.25) is 0 Å². The number of hydrogen-bond donors (Lipinski definition) is 0. The molecule has 0 saturated carbocycles. The van der Waals surface area contributed by atoms with E-state index < -0.39 is 0 Å². The van der Waals surface area contributed by atoms with Gasteiger partial charge in [-0.1, -0.05) is 12.1 Å². The third-order valence-electron chi connectivity index (χ3n) is 2.60. The van der Waals surface area contributed by atoms with Crippen LogP contribution < -0.4 is 9.80 Å². The molecule has 0 aromatic heterocycles. The Labute approximate surface area is 94.0 Å². The predicted molar refractivity (Wildman–Crippen MR) is 61.6 cm³/mol. The van der Waals surface area contributed by atoms with Crippen molar-refractivity contribution in [1.29, 1.82) is 0 Å². The second kappa shape index (κ2) is 3.81.